The Morgan fingerprint density at radius 3 is 0.854 bits per heavy atom. The molecule has 0 fully saturated rings. The molecule has 0 saturated carbocycles. The van der Waals surface area contributed by atoms with Crippen LogP contribution in [0.15, 0.2) is 0 Å². The van der Waals surface area contributed by atoms with E-state index in [9.17, 15) is 19.8 Å². The van der Waals surface area contributed by atoms with E-state index in [-0.39, 0.29) is 54.0 Å². The van der Waals surface area contributed by atoms with Gasteiger partial charge in [-0.2, -0.15) is 0 Å². The van der Waals surface area contributed by atoms with Crippen LogP contribution in [0.25, 0.3) is 0 Å². The summed E-state index contributed by atoms with van der Waals surface area (Å²) < 4.78 is 0. The molecule has 6 atom stereocenters. The Labute approximate surface area is 269 Å². The van der Waals surface area contributed by atoms with Crippen LogP contribution in [0.5, 0.6) is 0 Å². The van der Waals surface area contributed by atoms with Gasteiger partial charge in [0.05, 0.1) is 0 Å². The summed E-state index contributed by atoms with van der Waals surface area (Å²) in [5, 5.41) is 22.8. The van der Waals surface area contributed by atoms with E-state index in [2.05, 4.69) is 111 Å². The zero-order chi connectivity index (χ0) is 32.3. The van der Waals surface area contributed by atoms with Gasteiger partial charge >= 0.3 is 19.5 Å². The van der Waals surface area contributed by atoms with Gasteiger partial charge in [-0.15, -0.1) is 0 Å². The number of carboxylic acids is 2. The molecule has 0 aromatic heterocycles. The molecule has 5 heteroatoms. The summed E-state index contributed by atoms with van der Waals surface area (Å²) in [4.78, 5) is 22.8. The van der Waals surface area contributed by atoms with E-state index in [0.717, 1.165) is 51.4 Å². The first kappa shape index (κ1) is 45.0. The zero-order valence-corrected chi connectivity index (χ0v) is 33.4. The second-order valence-electron chi connectivity index (χ2n) is 18.2. The second-order valence-corrected chi connectivity index (χ2v) is 18.2. The van der Waals surface area contributed by atoms with Crippen molar-refractivity contribution in [2.75, 3.05) is 0 Å². The summed E-state index contributed by atoms with van der Waals surface area (Å²) in [5.41, 5.74) is 0.967. The first-order chi connectivity index (χ1) is 17.6. The molecule has 0 aliphatic heterocycles. The van der Waals surface area contributed by atoms with Crippen LogP contribution in [-0.2, 0) is 29.1 Å². The summed E-state index contributed by atoms with van der Waals surface area (Å²) >= 11 is 0. The van der Waals surface area contributed by atoms with Crippen molar-refractivity contribution in [1.82, 2.24) is 0 Å². The fourth-order valence-corrected chi connectivity index (χ4v) is 6.71. The minimum absolute atomic E-state index is 0. The number of carbonyl (C=O) groups is 2. The van der Waals surface area contributed by atoms with Crippen LogP contribution in [0.4, 0.5) is 0 Å². The van der Waals surface area contributed by atoms with Crippen LogP contribution in [0.2, 0.25) is 0 Å². The smallest absolute Gasteiger partial charge is 0.550 e. The molecule has 0 heterocycles. The molecule has 41 heavy (non-hydrogen) atoms. The number of hydrogen-bond donors (Lipinski definition) is 0. The molecule has 0 amide bonds. The first-order valence-corrected chi connectivity index (χ1v) is 16.1. The van der Waals surface area contributed by atoms with Crippen molar-refractivity contribution >= 4 is 11.9 Å². The Hall–Kier alpha value is -0.437. The molecule has 0 radical (unpaired) electrons. The maximum Gasteiger partial charge on any atom is 2.00 e. The molecule has 240 valence electrons. The van der Waals surface area contributed by atoms with Crippen molar-refractivity contribution in [3.05, 3.63) is 0 Å². The van der Waals surface area contributed by atoms with Gasteiger partial charge in [0.1, 0.15) is 0 Å². The van der Waals surface area contributed by atoms with Gasteiger partial charge in [0.2, 0.25) is 0 Å². The fourth-order valence-electron chi connectivity index (χ4n) is 6.71. The molecule has 0 spiro atoms. The Balaban J connectivity index is -0.000000688. The predicted octanol–water partition coefficient (Wildman–Crippen LogP) is 8.55. The monoisotopic (exact) mass is 630 g/mol. The van der Waals surface area contributed by atoms with Crippen LogP contribution in [-0.4, -0.2) is 11.9 Å². The summed E-state index contributed by atoms with van der Waals surface area (Å²) in [6, 6.07) is 0. The van der Waals surface area contributed by atoms with Crippen molar-refractivity contribution in [3.8, 4) is 0 Å². The maximum absolute atomic E-state index is 11.4. The standard InChI is InChI=1S/2C18H36O2.Zn/c2*1-13(11-17(3,4)5)9-10-15(16(19)20)14(2)12-18(6,7)8;/h2*13-15H,9-12H2,1-8H3,(H,19,20);/q;;+2/p-2. The van der Waals surface area contributed by atoms with Gasteiger partial charge in [0.15, 0.2) is 0 Å². The second kappa shape index (κ2) is 19.1. The molecule has 0 N–H and O–H groups in total. The predicted molar refractivity (Wildman–Crippen MR) is 168 cm³/mol. The molecule has 0 aliphatic carbocycles. The van der Waals surface area contributed by atoms with Gasteiger partial charge < -0.3 is 19.8 Å². The molecule has 0 aromatic rings. The van der Waals surface area contributed by atoms with Gasteiger partial charge in [-0.05, 0) is 83.9 Å². The van der Waals surface area contributed by atoms with E-state index >= 15 is 0 Å². The van der Waals surface area contributed by atoms with Gasteiger partial charge in [0, 0.05) is 23.8 Å². The van der Waals surface area contributed by atoms with Crippen molar-refractivity contribution < 1.29 is 39.3 Å². The molecule has 0 bridgehead atoms. The largest absolute Gasteiger partial charge is 2.00 e. The average Bonchev–Trinajstić information content (AvgIpc) is 2.62. The number of carbonyl (C=O) groups excluding carboxylic acids is 2. The van der Waals surface area contributed by atoms with Gasteiger partial charge in [-0.25, -0.2) is 0 Å². The van der Waals surface area contributed by atoms with E-state index in [1.165, 1.54) is 0 Å². The van der Waals surface area contributed by atoms with Gasteiger partial charge in [-0.1, -0.05) is 124 Å². The number of aliphatic carboxylic acids is 2. The summed E-state index contributed by atoms with van der Waals surface area (Å²) in [6.07, 6.45) is 7.59. The number of carboxylic acid groups (broad SMARTS) is 2. The Morgan fingerprint density at radius 2 is 0.683 bits per heavy atom. The van der Waals surface area contributed by atoms with Crippen molar-refractivity contribution in [3.63, 3.8) is 0 Å². The van der Waals surface area contributed by atoms with E-state index in [0.29, 0.717) is 22.7 Å². The molecular formula is C36H70O4Zn. The minimum Gasteiger partial charge on any atom is -0.550 e. The van der Waals surface area contributed by atoms with E-state index < -0.39 is 11.9 Å². The SMILES string of the molecule is CC(CCC(C(=O)[O-])C(C)CC(C)(C)C)CC(C)(C)C.CC(CCC(C(=O)[O-])C(C)CC(C)(C)C)CC(C)(C)C.[Zn+2]. The molecular weight excluding hydrogens is 562 g/mol. The van der Waals surface area contributed by atoms with Crippen molar-refractivity contribution in [1.29, 1.82) is 0 Å². The zero-order valence-electron chi connectivity index (χ0n) is 30.5. The maximum atomic E-state index is 11.4. The quantitative estimate of drug-likeness (QED) is 0.180. The summed E-state index contributed by atoms with van der Waals surface area (Å²) in [7, 11) is 0. The average molecular weight is 632 g/mol. The number of hydrogen-bond acceptors (Lipinski definition) is 4. The summed E-state index contributed by atoms with van der Waals surface area (Å²) in [6.45, 7) is 35.0. The van der Waals surface area contributed by atoms with Crippen molar-refractivity contribution in [2.45, 2.75) is 162 Å². The molecule has 4 nitrogen and oxygen atoms in total. The third-order valence-corrected chi connectivity index (χ3v) is 7.71. The Bertz CT molecular complexity index is 656. The molecule has 6 unspecified atom stereocenters. The fraction of sp³-hybridized carbons (Fsp3) is 0.944. The van der Waals surface area contributed by atoms with E-state index in [1.807, 2.05) is 0 Å². The molecule has 0 aliphatic rings. The third kappa shape index (κ3) is 26.9. The van der Waals surface area contributed by atoms with Gasteiger partial charge in [0.25, 0.3) is 0 Å². The summed E-state index contributed by atoms with van der Waals surface area (Å²) in [5.74, 6) is -0.858. The minimum atomic E-state index is -0.871. The van der Waals surface area contributed by atoms with Gasteiger partial charge in [-0.3, -0.25) is 0 Å². The Kier molecular flexibility index (Phi) is 20.9. The van der Waals surface area contributed by atoms with Crippen molar-refractivity contribution in [2.24, 2.45) is 57.2 Å². The third-order valence-electron chi connectivity index (χ3n) is 7.71. The molecule has 0 saturated heterocycles. The van der Waals surface area contributed by atoms with E-state index in [4.69, 9.17) is 0 Å². The van der Waals surface area contributed by atoms with Crippen LogP contribution < -0.4 is 10.2 Å². The van der Waals surface area contributed by atoms with E-state index in [1.54, 1.807) is 0 Å². The van der Waals surface area contributed by atoms with Crippen LogP contribution in [0, 0.1) is 57.2 Å². The van der Waals surface area contributed by atoms with Crippen LogP contribution in [0.1, 0.15) is 162 Å². The first-order valence-electron chi connectivity index (χ1n) is 16.1. The Morgan fingerprint density at radius 1 is 0.463 bits per heavy atom. The normalized spacial score (nSPS) is 17.2. The van der Waals surface area contributed by atoms with Crippen LogP contribution >= 0.6 is 0 Å². The van der Waals surface area contributed by atoms with Crippen LogP contribution in [0.3, 0.4) is 0 Å². The molecule has 0 aromatic carbocycles. The topological polar surface area (TPSA) is 80.3 Å². The molecule has 0 rings (SSSR count). The number of rotatable bonds is 14.